The fraction of sp³-hybridized carbons (Fsp3) is 0.290. The van der Waals surface area contributed by atoms with E-state index in [-0.39, 0.29) is 12.1 Å². The molecule has 4 atom stereocenters. The highest BCUT2D eigenvalue weighted by Crippen LogP contribution is 2.43. The summed E-state index contributed by atoms with van der Waals surface area (Å²) >= 11 is 12.9. The maximum Gasteiger partial charge on any atom is 0.174 e. The van der Waals surface area contributed by atoms with Gasteiger partial charge in [-0.25, -0.2) is 0 Å². The van der Waals surface area contributed by atoms with Crippen LogP contribution < -0.4 is 15.1 Å². The van der Waals surface area contributed by atoms with Gasteiger partial charge in [-0.2, -0.15) is 0 Å². The number of para-hydroxylation sites is 1. The Labute approximate surface area is 235 Å². The Morgan fingerprint density at radius 3 is 2.39 bits per heavy atom. The topological polar surface area (TPSA) is 36.3 Å². The Kier molecular flexibility index (Phi) is 6.85. The molecule has 2 aliphatic heterocycles. The number of hydrogen-bond donors (Lipinski definition) is 1. The first-order chi connectivity index (χ1) is 18.5. The molecule has 0 amide bonds. The van der Waals surface area contributed by atoms with Crippen LogP contribution in [-0.4, -0.2) is 27.8 Å². The monoisotopic (exact) mass is 541 g/mol. The lowest BCUT2D eigenvalue weighted by atomic mass is 9.91. The zero-order valence-electron chi connectivity index (χ0n) is 21.7. The van der Waals surface area contributed by atoms with Gasteiger partial charge in [0, 0.05) is 43.1 Å². The van der Waals surface area contributed by atoms with E-state index in [1.807, 2.05) is 24.4 Å². The van der Waals surface area contributed by atoms with Gasteiger partial charge in [-0.3, -0.25) is 4.98 Å². The number of hydrogen-bond acceptors (Lipinski definition) is 3. The second kappa shape index (κ2) is 10.4. The van der Waals surface area contributed by atoms with Crippen molar-refractivity contribution < 1.29 is 0 Å². The van der Waals surface area contributed by atoms with Crippen LogP contribution >= 0.6 is 23.8 Å². The molecule has 7 heteroatoms. The van der Waals surface area contributed by atoms with Crippen LogP contribution in [0.1, 0.15) is 43.6 Å². The van der Waals surface area contributed by atoms with E-state index in [0.29, 0.717) is 16.9 Å². The van der Waals surface area contributed by atoms with E-state index in [0.717, 1.165) is 46.4 Å². The van der Waals surface area contributed by atoms with Crippen LogP contribution in [0.4, 0.5) is 11.4 Å². The summed E-state index contributed by atoms with van der Waals surface area (Å²) < 4.78 is 2.15. The molecule has 2 saturated heterocycles. The van der Waals surface area contributed by atoms with Crippen molar-refractivity contribution in [3.05, 3.63) is 108 Å². The summed E-state index contributed by atoms with van der Waals surface area (Å²) in [6.45, 7) is 6.71. The van der Waals surface area contributed by atoms with E-state index >= 15 is 0 Å². The van der Waals surface area contributed by atoms with Gasteiger partial charge in [-0.1, -0.05) is 49.7 Å². The van der Waals surface area contributed by atoms with E-state index in [1.54, 1.807) is 0 Å². The minimum absolute atomic E-state index is 0.0840. The summed E-state index contributed by atoms with van der Waals surface area (Å²) in [5.74, 6) is 1.31. The lowest BCUT2D eigenvalue weighted by molar-refractivity contribution is 0.357. The highest BCUT2D eigenvalue weighted by molar-refractivity contribution is 7.80. The SMILES string of the molecule is CC1CC(C)CN(c2ccc(N3C(=S)NC(c4ccccn4)C3c3ccn(-c4ccccc4)c3)cc2Cl)C1. The van der Waals surface area contributed by atoms with Crippen molar-refractivity contribution in [2.45, 2.75) is 32.4 Å². The van der Waals surface area contributed by atoms with Crippen LogP contribution in [0.3, 0.4) is 0 Å². The average Bonchev–Trinajstić information content (AvgIpc) is 3.54. The molecular formula is C31H32ClN5S. The number of anilines is 2. The maximum absolute atomic E-state index is 6.97. The van der Waals surface area contributed by atoms with Crippen LogP contribution in [0, 0.1) is 11.8 Å². The molecule has 0 aliphatic carbocycles. The van der Waals surface area contributed by atoms with Crippen LogP contribution in [0.15, 0.2) is 91.4 Å². The number of pyridine rings is 1. The fourth-order valence-electron chi connectivity index (χ4n) is 6.08. The fourth-order valence-corrected chi connectivity index (χ4v) is 6.72. The number of benzene rings is 2. The third-order valence-corrected chi connectivity index (χ3v) is 8.25. The van der Waals surface area contributed by atoms with Crippen molar-refractivity contribution in [1.82, 2.24) is 14.9 Å². The van der Waals surface area contributed by atoms with Crippen molar-refractivity contribution in [3.63, 3.8) is 0 Å². The number of thiocarbonyl (C=S) groups is 1. The van der Waals surface area contributed by atoms with Crippen molar-refractivity contribution in [2.75, 3.05) is 22.9 Å². The second-order valence-electron chi connectivity index (χ2n) is 10.7. The number of halogens is 1. The van der Waals surface area contributed by atoms with Crippen LogP contribution in [-0.2, 0) is 0 Å². The summed E-state index contributed by atoms with van der Waals surface area (Å²) in [7, 11) is 0. The molecule has 4 aromatic rings. The Balaban J connectivity index is 1.38. The molecule has 0 radical (unpaired) electrons. The number of nitrogens with zero attached hydrogens (tertiary/aromatic N) is 4. The first-order valence-electron chi connectivity index (χ1n) is 13.3. The zero-order chi connectivity index (χ0) is 26.2. The van der Waals surface area contributed by atoms with E-state index in [4.69, 9.17) is 23.8 Å². The number of nitrogens with one attached hydrogen (secondary N) is 1. The van der Waals surface area contributed by atoms with Crippen LogP contribution in [0.5, 0.6) is 0 Å². The van der Waals surface area contributed by atoms with Gasteiger partial charge in [0.05, 0.1) is 28.5 Å². The zero-order valence-corrected chi connectivity index (χ0v) is 23.2. The Morgan fingerprint density at radius 2 is 1.68 bits per heavy atom. The summed E-state index contributed by atoms with van der Waals surface area (Å²) in [4.78, 5) is 9.30. The smallest absolute Gasteiger partial charge is 0.174 e. The van der Waals surface area contributed by atoms with E-state index < -0.39 is 0 Å². The molecule has 5 nitrogen and oxygen atoms in total. The van der Waals surface area contributed by atoms with Crippen LogP contribution in [0.2, 0.25) is 5.02 Å². The number of piperidine rings is 1. The molecule has 2 aliphatic rings. The van der Waals surface area contributed by atoms with E-state index in [2.05, 4.69) is 106 Å². The molecule has 2 aromatic heterocycles. The molecular weight excluding hydrogens is 510 g/mol. The predicted octanol–water partition coefficient (Wildman–Crippen LogP) is 7.19. The Bertz CT molecular complexity index is 1410. The van der Waals surface area contributed by atoms with Gasteiger partial charge in [0.25, 0.3) is 0 Å². The molecule has 2 aromatic carbocycles. The molecule has 4 unspecified atom stereocenters. The normalized spacial score (nSPS) is 23.5. The molecule has 0 bridgehead atoms. The molecule has 0 spiro atoms. The van der Waals surface area contributed by atoms with Crippen LogP contribution in [0.25, 0.3) is 5.69 Å². The van der Waals surface area contributed by atoms with E-state index in [9.17, 15) is 0 Å². The maximum atomic E-state index is 6.97. The largest absolute Gasteiger partial charge is 0.370 e. The van der Waals surface area contributed by atoms with Gasteiger partial charge in [0.1, 0.15) is 0 Å². The third kappa shape index (κ3) is 4.79. The molecule has 194 valence electrons. The van der Waals surface area contributed by atoms with Gasteiger partial charge < -0.3 is 19.7 Å². The van der Waals surface area contributed by atoms with Crippen molar-refractivity contribution in [1.29, 1.82) is 0 Å². The van der Waals surface area contributed by atoms with Gasteiger partial charge in [0.15, 0.2) is 5.11 Å². The minimum atomic E-state index is -0.0995. The van der Waals surface area contributed by atoms with E-state index in [1.165, 1.54) is 6.42 Å². The third-order valence-electron chi connectivity index (χ3n) is 7.63. The summed E-state index contributed by atoms with van der Waals surface area (Å²) in [5.41, 5.74) is 5.29. The molecule has 2 fully saturated rings. The molecule has 1 N–H and O–H groups in total. The molecule has 6 rings (SSSR count). The lowest BCUT2D eigenvalue weighted by Crippen LogP contribution is -2.38. The van der Waals surface area contributed by atoms with Crippen molar-refractivity contribution in [3.8, 4) is 5.69 Å². The quantitative estimate of drug-likeness (QED) is 0.271. The van der Waals surface area contributed by atoms with Gasteiger partial charge in [-0.05, 0) is 84.6 Å². The number of rotatable bonds is 5. The van der Waals surface area contributed by atoms with Gasteiger partial charge in [0.2, 0.25) is 0 Å². The molecule has 38 heavy (non-hydrogen) atoms. The summed E-state index contributed by atoms with van der Waals surface area (Å²) in [5, 5.41) is 4.98. The average molecular weight is 542 g/mol. The Morgan fingerprint density at radius 1 is 0.921 bits per heavy atom. The molecule has 0 saturated carbocycles. The first kappa shape index (κ1) is 25.0. The molecule has 4 heterocycles. The number of aromatic nitrogens is 2. The van der Waals surface area contributed by atoms with Crippen molar-refractivity contribution >= 4 is 40.3 Å². The van der Waals surface area contributed by atoms with Crippen molar-refractivity contribution in [2.24, 2.45) is 11.8 Å². The lowest BCUT2D eigenvalue weighted by Gasteiger charge is -2.37. The second-order valence-corrected chi connectivity index (χ2v) is 11.5. The predicted molar refractivity (Wildman–Crippen MR) is 160 cm³/mol. The van der Waals surface area contributed by atoms with Gasteiger partial charge >= 0.3 is 0 Å². The summed E-state index contributed by atoms with van der Waals surface area (Å²) in [6.07, 6.45) is 7.39. The standard InChI is InChI=1S/C31H32ClN5S/c1-21-16-22(2)19-36(18-21)28-12-11-25(17-26(28)32)37-30(29(34-31(37)38)27-10-6-7-14-33-27)23-13-15-35(20-23)24-8-4-3-5-9-24/h3-15,17,20-22,29-30H,16,18-19H2,1-2H3,(H,34,38). The first-order valence-corrected chi connectivity index (χ1v) is 14.0. The highest BCUT2D eigenvalue weighted by atomic mass is 35.5. The summed E-state index contributed by atoms with van der Waals surface area (Å²) in [6, 6.07) is 24.7. The minimum Gasteiger partial charge on any atom is -0.370 e. The highest BCUT2D eigenvalue weighted by Gasteiger charge is 2.41. The Hall–Kier alpha value is -3.35. The van der Waals surface area contributed by atoms with Gasteiger partial charge in [-0.15, -0.1) is 0 Å².